The summed E-state index contributed by atoms with van der Waals surface area (Å²) < 4.78 is 40.8. The number of nitrogens with two attached hydrogens (primary N) is 1. The molecule has 2 aromatic rings. The number of nitrogens with one attached hydrogen (secondary N) is 1. The number of carbonyl (C=O) groups excluding carboxylic acids is 1. The van der Waals surface area contributed by atoms with E-state index in [0.29, 0.717) is 36.7 Å². The van der Waals surface area contributed by atoms with Gasteiger partial charge in [-0.1, -0.05) is 18.2 Å². The van der Waals surface area contributed by atoms with Crippen LogP contribution in [0, 0.1) is 5.92 Å². The van der Waals surface area contributed by atoms with Gasteiger partial charge in [0.2, 0.25) is 5.91 Å². The van der Waals surface area contributed by atoms with Crippen molar-refractivity contribution in [1.29, 1.82) is 0 Å². The quantitative estimate of drug-likeness (QED) is 0.647. The van der Waals surface area contributed by atoms with E-state index < -0.39 is 15.6 Å². The van der Waals surface area contributed by atoms with Gasteiger partial charge in [-0.25, -0.2) is 0 Å². The zero-order valence-electron chi connectivity index (χ0n) is 19.6. The average molecular weight is 487 g/mol. The molecule has 0 aliphatic carbocycles. The van der Waals surface area contributed by atoms with Crippen LogP contribution in [0.1, 0.15) is 37.8 Å². The summed E-state index contributed by atoms with van der Waals surface area (Å²) in [6.45, 7) is 5.55. The highest BCUT2D eigenvalue weighted by atomic mass is 32.2. The number of ether oxygens (including phenoxy) is 2. The van der Waals surface area contributed by atoms with Gasteiger partial charge in [-0.05, 0) is 56.5 Å². The van der Waals surface area contributed by atoms with Crippen molar-refractivity contribution < 1.29 is 22.7 Å². The molecule has 1 unspecified atom stereocenters. The van der Waals surface area contributed by atoms with Crippen LogP contribution in [0.2, 0.25) is 0 Å². The summed E-state index contributed by atoms with van der Waals surface area (Å²) in [5.41, 5.74) is 6.94. The Kier molecular flexibility index (Phi) is 6.44. The number of fused-ring (bicyclic) bond motifs is 1. The van der Waals surface area contributed by atoms with E-state index in [2.05, 4.69) is 9.12 Å². The van der Waals surface area contributed by atoms with Crippen molar-refractivity contribution >= 4 is 27.6 Å². The van der Waals surface area contributed by atoms with E-state index >= 15 is 0 Å². The third-order valence-corrected chi connectivity index (χ3v) is 7.28. The number of amides is 1. The summed E-state index contributed by atoms with van der Waals surface area (Å²) in [6, 6.07) is 12.6. The fraction of sp³-hybridized carbons (Fsp3) is 0.417. The lowest BCUT2D eigenvalue weighted by Crippen LogP contribution is -2.48. The SMILES string of the molecule is COc1ccc(C(C)(C)C(=O)N2CCCC(COc3cccc4c3C(N)=NS(=O)(=O)N4)C2)cc1. The molecule has 0 bridgehead atoms. The molecule has 1 atom stereocenters. The molecule has 2 heterocycles. The molecule has 1 amide bonds. The Morgan fingerprint density at radius 3 is 2.68 bits per heavy atom. The smallest absolute Gasteiger partial charge is 0.344 e. The first kappa shape index (κ1) is 23.9. The summed E-state index contributed by atoms with van der Waals surface area (Å²) in [7, 11) is -2.23. The van der Waals surface area contributed by atoms with Gasteiger partial charge in [0.15, 0.2) is 5.84 Å². The monoisotopic (exact) mass is 486 g/mol. The van der Waals surface area contributed by atoms with Crippen LogP contribution in [-0.4, -0.2) is 51.9 Å². The van der Waals surface area contributed by atoms with Crippen LogP contribution in [0.15, 0.2) is 46.9 Å². The van der Waals surface area contributed by atoms with Crippen molar-refractivity contribution in [3.05, 3.63) is 53.6 Å². The van der Waals surface area contributed by atoms with E-state index in [1.54, 1.807) is 25.3 Å². The van der Waals surface area contributed by atoms with Crippen LogP contribution in [0.3, 0.4) is 0 Å². The van der Waals surface area contributed by atoms with E-state index in [1.807, 2.05) is 43.0 Å². The molecular formula is C24H30N4O5S. The highest BCUT2D eigenvalue weighted by Gasteiger charge is 2.36. The van der Waals surface area contributed by atoms with Gasteiger partial charge in [0.25, 0.3) is 0 Å². The molecule has 3 N–H and O–H groups in total. The van der Waals surface area contributed by atoms with Crippen molar-refractivity contribution in [2.24, 2.45) is 16.0 Å². The molecule has 1 saturated heterocycles. The molecule has 0 saturated carbocycles. The molecule has 34 heavy (non-hydrogen) atoms. The second-order valence-corrected chi connectivity index (χ2v) is 10.5. The molecule has 182 valence electrons. The fourth-order valence-electron chi connectivity index (χ4n) is 4.46. The first-order valence-corrected chi connectivity index (χ1v) is 12.6. The predicted octanol–water partition coefficient (Wildman–Crippen LogP) is 2.67. The minimum absolute atomic E-state index is 0.0743. The minimum Gasteiger partial charge on any atom is -0.497 e. The van der Waals surface area contributed by atoms with Crippen LogP contribution >= 0.6 is 0 Å². The van der Waals surface area contributed by atoms with Gasteiger partial charge >= 0.3 is 10.2 Å². The number of amidine groups is 1. The lowest BCUT2D eigenvalue weighted by molar-refractivity contribution is -0.138. The summed E-state index contributed by atoms with van der Waals surface area (Å²) in [5.74, 6) is 1.32. The Bertz CT molecular complexity index is 1210. The number of hydrogen-bond acceptors (Lipinski definition) is 6. The highest BCUT2D eigenvalue weighted by Crippen LogP contribution is 2.32. The Morgan fingerprint density at radius 1 is 1.24 bits per heavy atom. The van der Waals surface area contributed by atoms with Gasteiger partial charge in [0.1, 0.15) is 11.5 Å². The molecule has 1 fully saturated rings. The molecule has 0 spiro atoms. The van der Waals surface area contributed by atoms with Crippen molar-refractivity contribution in [1.82, 2.24) is 4.90 Å². The first-order chi connectivity index (χ1) is 16.1. The molecule has 2 aromatic carbocycles. The number of benzene rings is 2. The molecule has 4 rings (SSSR count). The van der Waals surface area contributed by atoms with Crippen LogP contribution in [0.5, 0.6) is 11.5 Å². The minimum atomic E-state index is -3.85. The topological polar surface area (TPSA) is 123 Å². The second-order valence-electron chi connectivity index (χ2n) is 9.16. The van der Waals surface area contributed by atoms with E-state index in [1.165, 1.54) is 0 Å². The number of methoxy groups -OCH3 is 1. The van der Waals surface area contributed by atoms with Crippen LogP contribution in [0.4, 0.5) is 5.69 Å². The van der Waals surface area contributed by atoms with Crippen LogP contribution in [0.25, 0.3) is 0 Å². The summed E-state index contributed by atoms with van der Waals surface area (Å²) >= 11 is 0. The summed E-state index contributed by atoms with van der Waals surface area (Å²) in [6.07, 6.45) is 1.81. The number of piperidine rings is 1. The molecular weight excluding hydrogens is 456 g/mol. The third-order valence-electron chi connectivity index (χ3n) is 6.37. The maximum atomic E-state index is 13.4. The van der Waals surface area contributed by atoms with Crippen molar-refractivity contribution in [3.63, 3.8) is 0 Å². The number of rotatable bonds is 6. The number of carbonyl (C=O) groups is 1. The maximum absolute atomic E-state index is 13.4. The molecule has 9 nitrogen and oxygen atoms in total. The van der Waals surface area contributed by atoms with Gasteiger partial charge in [-0.3, -0.25) is 9.52 Å². The number of nitrogens with zero attached hydrogens (tertiary/aromatic N) is 2. The van der Waals surface area contributed by atoms with Gasteiger partial charge < -0.3 is 20.1 Å². The Labute approximate surface area is 200 Å². The van der Waals surface area contributed by atoms with Crippen molar-refractivity contribution in [3.8, 4) is 11.5 Å². The normalized spacial score (nSPS) is 19.4. The largest absolute Gasteiger partial charge is 0.497 e. The lowest BCUT2D eigenvalue weighted by Gasteiger charge is -2.38. The van der Waals surface area contributed by atoms with E-state index in [9.17, 15) is 13.2 Å². The maximum Gasteiger partial charge on any atom is 0.344 e. The zero-order valence-corrected chi connectivity index (χ0v) is 20.4. The Morgan fingerprint density at radius 2 is 1.97 bits per heavy atom. The predicted molar refractivity (Wildman–Crippen MR) is 131 cm³/mol. The zero-order chi connectivity index (χ0) is 24.5. The first-order valence-electron chi connectivity index (χ1n) is 11.2. The highest BCUT2D eigenvalue weighted by molar-refractivity contribution is 7.91. The van der Waals surface area contributed by atoms with E-state index in [0.717, 1.165) is 24.2 Å². The van der Waals surface area contributed by atoms with Crippen molar-refractivity contribution in [2.75, 3.05) is 31.5 Å². The van der Waals surface area contributed by atoms with Crippen LogP contribution < -0.4 is 19.9 Å². The number of hydrogen-bond donors (Lipinski definition) is 2. The molecule has 0 aromatic heterocycles. The van der Waals surface area contributed by atoms with E-state index in [-0.39, 0.29) is 17.7 Å². The molecule has 2 aliphatic rings. The fourth-order valence-corrected chi connectivity index (χ4v) is 5.30. The number of anilines is 1. The summed E-state index contributed by atoms with van der Waals surface area (Å²) in [5, 5.41) is 0. The van der Waals surface area contributed by atoms with Crippen molar-refractivity contribution in [2.45, 2.75) is 32.1 Å². The van der Waals surface area contributed by atoms with Gasteiger partial charge in [-0.2, -0.15) is 8.42 Å². The van der Waals surface area contributed by atoms with Crippen LogP contribution in [-0.2, 0) is 20.4 Å². The number of likely N-dealkylation sites (tertiary alicyclic amines) is 1. The van der Waals surface area contributed by atoms with Gasteiger partial charge in [0.05, 0.1) is 30.4 Å². The second kappa shape index (κ2) is 9.17. The molecule has 10 heteroatoms. The lowest BCUT2D eigenvalue weighted by atomic mass is 9.82. The Hall–Kier alpha value is -3.27. The van der Waals surface area contributed by atoms with Gasteiger partial charge in [-0.15, -0.1) is 4.40 Å². The molecule has 2 aliphatic heterocycles. The standard InChI is InChI=1S/C24H30N4O5S/c1-24(2,17-9-11-18(32-3)12-10-17)23(29)28-13-5-6-16(14-28)15-33-20-8-4-7-19-21(20)22(25)27-34(30,31)26-19/h4,7-12,16,26H,5-6,13-15H2,1-3H3,(H2,25,27). The third kappa shape index (κ3) is 4.82. The Balaban J connectivity index is 1.44. The molecule has 0 radical (unpaired) electrons. The van der Waals surface area contributed by atoms with E-state index in [4.69, 9.17) is 15.2 Å². The average Bonchev–Trinajstić information content (AvgIpc) is 2.81. The summed E-state index contributed by atoms with van der Waals surface area (Å²) in [4.78, 5) is 15.4. The van der Waals surface area contributed by atoms with Gasteiger partial charge in [0, 0.05) is 19.0 Å².